The third-order valence-corrected chi connectivity index (χ3v) is 4.40. The largest absolute Gasteiger partial charge is 0.423 e. The van der Waals surface area contributed by atoms with Gasteiger partial charge in [-0.2, -0.15) is 0 Å². The lowest BCUT2D eigenvalue weighted by atomic mass is 10.1. The Hall–Kier alpha value is -2.93. The summed E-state index contributed by atoms with van der Waals surface area (Å²) >= 11 is 0. The highest BCUT2D eigenvalue weighted by Crippen LogP contribution is 2.18. The van der Waals surface area contributed by atoms with Crippen LogP contribution in [0.3, 0.4) is 0 Å². The summed E-state index contributed by atoms with van der Waals surface area (Å²) in [5.74, 6) is -0.739. The lowest BCUT2D eigenvalue weighted by Gasteiger charge is -2.07. The summed E-state index contributed by atoms with van der Waals surface area (Å²) in [7, 11) is -3.38. The minimum atomic E-state index is -3.38. The van der Waals surface area contributed by atoms with E-state index in [9.17, 15) is 18.0 Å². The Balaban J connectivity index is 2.06. The molecule has 0 unspecified atom stereocenters. The smallest absolute Gasteiger partial charge is 0.343 e. The summed E-state index contributed by atoms with van der Waals surface area (Å²) in [6, 6.07) is 12.2. The molecule has 130 valence electrons. The van der Waals surface area contributed by atoms with Crippen LogP contribution in [0, 0.1) is 0 Å². The van der Waals surface area contributed by atoms with Crippen molar-refractivity contribution in [2.75, 3.05) is 6.26 Å². The average Bonchev–Trinajstić information content (AvgIpc) is 2.59. The lowest BCUT2D eigenvalue weighted by molar-refractivity contribution is -0.116. The van der Waals surface area contributed by atoms with Gasteiger partial charge in [0.2, 0.25) is 5.91 Å². The first-order chi connectivity index (χ1) is 11.8. The Morgan fingerprint density at radius 2 is 1.84 bits per heavy atom. The summed E-state index contributed by atoms with van der Waals surface area (Å²) in [4.78, 5) is 23.3. The Morgan fingerprint density at radius 3 is 2.44 bits per heavy atom. The van der Waals surface area contributed by atoms with Gasteiger partial charge in [-0.25, -0.2) is 13.2 Å². The number of carbonyl (C=O) groups is 2. The Morgan fingerprint density at radius 1 is 1.16 bits per heavy atom. The zero-order chi connectivity index (χ0) is 18.4. The van der Waals surface area contributed by atoms with E-state index in [0.29, 0.717) is 12.1 Å². The number of benzene rings is 2. The van der Waals surface area contributed by atoms with Gasteiger partial charge < -0.3 is 10.1 Å². The third kappa shape index (κ3) is 5.29. The van der Waals surface area contributed by atoms with E-state index in [1.54, 1.807) is 24.3 Å². The van der Waals surface area contributed by atoms with Gasteiger partial charge in [-0.1, -0.05) is 24.8 Å². The van der Waals surface area contributed by atoms with Crippen LogP contribution >= 0.6 is 0 Å². The molecule has 0 aromatic heterocycles. The highest BCUT2D eigenvalue weighted by Gasteiger charge is 2.12. The maximum absolute atomic E-state index is 12.1. The predicted molar refractivity (Wildman–Crippen MR) is 93.0 cm³/mol. The number of ether oxygens (including phenoxy) is 1. The quantitative estimate of drug-likeness (QED) is 0.485. The van der Waals surface area contributed by atoms with Gasteiger partial charge in [0.1, 0.15) is 5.75 Å². The van der Waals surface area contributed by atoms with Crippen molar-refractivity contribution in [2.24, 2.45) is 0 Å². The van der Waals surface area contributed by atoms with Gasteiger partial charge in [-0.05, 0) is 42.0 Å². The molecule has 0 saturated carbocycles. The zero-order valence-corrected chi connectivity index (χ0v) is 14.4. The number of esters is 1. The molecule has 2 rings (SSSR count). The van der Waals surface area contributed by atoms with E-state index in [1.165, 1.54) is 30.3 Å². The fourth-order valence-electron chi connectivity index (χ4n) is 1.95. The summed E-state index contributed by atoms with van der Waals surface area (Å²) in [5.41, 5.74) is 1.12. The lowest BCUT2D eigenvalue weighted by Crippen LogP contribution is -2.20. The number of sulfone groups is 1. The minimum absolute atomic E-state index is 0.0751. The number of amides is 1. The molecule has 0 aliphatic rings. The molecule has 25 heavy (non-hydrogen) atoms. The molecule has 1 N–H and O–H groups in total. The summed E-state index contributed by atoms with van der Waals surface area (Å²) < 4.78 is 28.3. The van der Waals surface area contributed by atoms with E-state index in [-0.39, 0.29) is 16.6 Å². The first-order valence-corrected chi connectivity index (χ1v) is 9.20. The van der Waals surface area contributed by atoms with Crippen molar-refractivity contribution in [2.45, 2.75) is 11.4 Å². The van der Waals surface area contributed by atoms with E-state index in [4.69, 9.17) is 4.74 Å². The molecule has 6 nitrogen and oxygen atoms in total. The highest BCUT2D eigenvalue weighted by molar-refractivity contribution is 7.90. The van der Waals surface area contributed by atoms with Gasteiger partial charge in [0.15, 0.2) is 9.84 Å². The van der Waals surface area contributed by atoms with Crippen LogP contribution in [0.1, 0.15) is 15.9 Å². The zero-order valence-electron chi connectivity index (χ0n) is 13.6. The van der Waals surface area contributed by atoms with Crippen LogP contribution in [0.25, 0.3) is 0 Å². The second kappa shape index (κ2) is 7.76. The molecule has 0 heterocycles. The van der Waals surface area contributed by atoms with Crippen molar-refractivity contribution in [3.8, 4) is 5.75 Å². The maximum atomic E-state index is 12.1. The molecular formula is C18H17NO5S. The van der Waals surface area contributed by atoms with Crippen LogP contribution in [-0.2, 0) is 21.2 Å². The van der Waals surface area contributed by atoms with Crippen LogP contribution in [0.2, 0.25) is 0 Å². The minimum Gasteiger partial charge on any atom is -0.423 e. The summed E-state index contributed by atoms with van der Waals surface area (Å²) in [6.07, 6.45) is 2.26. The van der Waals surface area contributed by atoms with Crippen LogP contribution in [0.5, 0.6) is 5.75 Å². The van der Waals surface area contributed by atoms with Gasteiger partial charge in [0.25, 0.3) is 0 Å². The number of nitrogens with one attached hydrogen (secondary N) is 1. The monoisotopic (exact) mass is 359 g/mol. The molecule has 1 amide bonds. The van der Waals surface area contributed by atoms with Crippen molar-refractivity contribution in [3.05, 3.63) is 72.3 Å². The third-order valence-electron chi connectivity index (χ3n) is 3.29. The average molecular weight is 359 g/mol. The van der Waals surface area contributed by atoms with Gasteiger partial charge in [-0.3, -0.25) is 4.79 Å². The molecule has 0 spiro atoms. The first kappa shape index (κ1) is 18.4. The van der Waals surface area contributed by atoms with E-state index in [1.807, 2.05) is 0 Å². The van der Waals surface area contributed by atoms with Crippen molar-refractivity contribution < 1.29 is 22.7 Å². The molecule has 0 bridgehead atoms. The topological polar surface area (TPSA) is 89.5 Å². The fourth-order valence-corrected chi connectivity index (χ4v) is 2.61. The summed E-state index contributed by atoms with van der Waals surface area (Å²) in [6.45, 7) is 3.68. The predicted octanol–water partition coefficient (Wildman–Crippen LogP) is 2.11. The van der Waals surface area contributed by atoms with E-state index in [2.05, 4.69) is 11.9 Å². The Bertz CT molecular complexity index is 901. The van der Waals surface area contributed by atoms with Gasteiger partial charge >= 0.3 is 5.97 Å². The number of hydrogen-bond donors (Lipinski definition) is 1. The van der Waals surface area contributed by atoms with Crippen LogP contribution in [-0.4, -0.2) is 26.6 Å². The van der Waals surface area contributed by atoms with Gasteiger partial charge in [0.05, 0.1) is 10.5 Å². The molecular weight excluding hydrogens is 342 g/mol. The van der Waals surface area contributed by atoms with Crippen molar-refractivity contribution in [1.82, 2.24) is 5.32 Å². The number of hydrogen-bond acceptors (Lipinski definition) is 5. The second-order valence-corrected chi connectivity index (χ2v) is 7.27. The SMILES string of the molecule is C=CC(=O)NCc1ccc(C(=O)Oc2cccc(S(C)(=O)=O)c2)cc1. The molecule has 2 aromatic carbocycles. The Labute approximate surface area is 146 Å². The molecule has 0 saturated heterocycles. The van der Waals surface area contributed by atoms with E-state index >= 15 is 0 Å². The highest BCUT2D eigenvalue weighted by atomic mass is 32.2. The molecule has 0 fully saturated rings. The molecule has 0 aliphatic heterocycles. The van der Waals surface area contributed by atoms with Crippen LogP contribution in [0.15, 0.2) is 66.1 Å². The molecule has 0 aliphatic carbocycles. The van der Waals surface area contributed by atoms with Crippen LogP contribution < -0.4 is 10.1 Å². The van der Waals surface area contributed by atoms with Crippen LogP contribution in [0.4, 0.5) is 0 Å². The normalized spacial score (nSPS) is 10.8. The first-order valence-electron chi connectivity index (χ1n) is 7.31. The van der Waals surface area contributed by atoms with Gasteiger partial charge in [0, 0.05) is 12.8 Å². The number of rotatable bonds is 6. The van der Waals surface area contributed by atoms with Crippen molar-refractivity contribution in [1.29, 1.82) is 0 Å². The fraction of sp³-hybridized carbons (Fsp3) is 0.111. The Kier molecular flexibility index (Phi) is 5.71. The van der Waals surface area contributed by atoms with Gasteiger partial charge in [-0.15, -0.1) is 0 Å². The maximum Gasteiger partial charge on any atom is 0.343 e. The molecule has 2 aromatic rings. The number of carbonyl (C=O) groups excluding carboxylic acids is 2. The summed E-state index contributed by atoms with van der Waals surface area (Å²) in [5, 5.41) is 2.63. The van der Waals surface area contributed by atoms with Crippen molar-refractivity contribution >= 4 is 21.7 Å². The molecule has 0 radical (unpaired) electrons. The second-order valence-electron chi connectivity index (χ2n) is 5.26. The molecule has 0 atom stereocenters. The van der Waals surface area contributed by atoms with Crippen molar-refractivity contribution in [3.63, 3.8) is 0 Å². The molecule has 7 heteroatoms. The van der Waals surface area contributed by atoms with E-state index in [0.717, 1.165) is 11.8 Å². The standard InChI is InChI=1S/C18H17NO5S/c1-3-17(20)19-12-13-7-9-14(10-8-13)18(21)24-15-5-4-6-16(11-15)25(2,22)23/h3-11H,1,12H2,2H3,(H,19,20). The van der Waals surface area contributed by atoms with E-state index < -0.39 is 15.8 Å².